The molecule has 1 aliphatic heterocycles. The molecule has 2 N–H and O–H groups in total. The number of rotatable bonds is 2. The second kappa shape index (κ2) is 6.16. The van der Waals surface area contributed by atoms with Gasteiger partial charge in [-0.05, 0) is 18.2 Å². The van der Waals surface area contributed by atoms with Gasteiger partial charge in [0, 0.05) is 24.2 Å². The van der Waals surface area contributed by atoms with Crippen molar-refractivity contribution in [3.05, 3.63) is 66.6 Å². The van der Waals surface area contributed by atoms with Crippen LogP contribution < -0.4 is 10.6 Å². The average Bonchev–Trinajstić information content (AvgIpc) is 3.40. The number of imidazole rings is 1. The largest absolute Gasteiger partial charge is 0.340 e. The Morgan fingerprint density at radius 1 is 1.00 bits per heavy atom. The molecule has 0 unspecified atom stereocenters. The second-order valence-electron chi connectivity index (χ2n) is 6.60. The number of para-hydroxylation sites is 3. The Balaban J connectivity index is 1.85. The highest BCUT2D eigenvalue weighted by Gasteiger charge is 2.35. The topological polar surface area (TPSA) is 98.0 Å². The maximum absolute atomic E-state index is 12.8. The van der Waals surface area contributed by atoms with Gasteiger partial charge < -0.3 is 5.32 Å². The van der Waals surface area contributed by atoms with Crippen molar-refractivity contribution in [2.24, 2.45) is 0 Å². The smallest absolute Gasteiger partial charge is 0.325 e. The molecule has 3 heterocycles. The van der Waals surface area contributed by atoms with E-state index in [2.05, 4.69) is 15.6 Å². The minimum atomic E-state index is -0.511. The molecule has 4 aromatic rings. The Morgan fingerprint density at radius 3 is 2.52 bits per heavy atom. The number of aromatic nitrogens is 3. The number of nitrogens with one attached hydrogen (secondary N) is 2. The van der Waals surface area contributed by atoms with Crippen molar-refractivity contribution in [2.45, 2.75) is 0 Å². The summed E-state index contributed by atoms with van der Waals surface area (Å²) in [7, 11) is 1.53. The zero-order chi connectivity index (χ0) is 20.1. The van der Waals surface area contributed by atoms with Crippen molar-refractivity contribution in [3.8, 4) is 0 Å². The van der Waals surface area contributed by atoms with E-state index in [9.17, 15) is 14.4 Å². The van der Waals surface area contributed by atoms with Gasteiger partial charge in [0.25, 0.3) is 11.8 Å². The van der Waals surface area contributed by atoms with E-state index in [1.165, 1.54) is 17.9 Å². The Bertz CT molecular complexity index is 1380. The molecule has 1 aliphatic rings. The first-order chi connectivity index (χ1) is 14.1. The number of fused-ring (bicyclic) bond motifs is 2. The predicted octanol–water partition coefficient (Wildman–Crippen LogP) is 2.20. The van der Waals surface area contributed by atoms with E-state index < -0.39 is 11.8 Å². The van der Waals surface area contributed by atoms with E-state index in [1.54, 1.807) is 16.8 Å². The van der Waals surface area contributed by atoms with Gasteiger partial charge in [0.05, 0.1) is 22.1 Å². The van der Waals surface area contributed by atoms with Crippen LogP contribution in [0.15, 0.2) is 61.1 Å². The van der Waals surface area contributed by atoms with Crippen molar-refractivity contribution in [1.82, 2.24) is 24.8 Å². The van der Waals surface area contributed by atoms with E-state index in [1.807, 2.05) is 42.5 Å². The molecular formula is C21H15N5O3. The van der Waals surface area contributed by atoms with Crippen molar-refractivity contribution in [1.29, 1.82) is 0 Å². The van der Waals surface area contributed by atoms with Gasteiger partial charge in [0.2, 0.25) is 0 Å². The molecule has 29 heavy (non-hydrogen) atoms. The molecule has 8 nitrogen and oxygen atoms in total. The summed E-state index contributed by atoms with van der Waals surface area (Å²) in [5, 5.41) is 5.65. The van der Waals surface area contributed by atoms with Crippen LogP contribution in [0.3, 0.4) is 0 Å². The number of hydrogen-bond donors (Lipinski definition) is 2. The normalized spacial score (nSPS) is 14.1. The first kappa shape index (κ1) is 16.9. The molecule has 2 aromatic carbocycles. The first-order valence-corrected chi connectivity index (χ1v) is 8.95. The third-order valence-corrected chi connectivity index (χ3v) is 5.01. The quantitative estimate of drug-likeness (QED) is 0.517. The van der Waals surface area contributed by atoms with Crippen LogP contribution in [0.5, 0.6) is 0 Å². The lowest BCUT2D eigenvalue weighted by molar-refractivity contribution is -0.122. The molecule has 0 aliphatic carbocycles. The minimum Gasteiger partial charge on any atom is -0.340 e. The summed E-state index contributed by atoms with van der Waals surface area (Å²) < 4.78 is 3.04. The lowest BCUT2D eigenvalue weighted by atomic mass is 10.0. The number of benzene rings is 2. The fraction of sp³-hybridized carbons (Fsp3) is 0.0476. The number of imide groups is 1. The highest BCUT2D eigenvalue weighted by Crippen LogP contribution is 2.34. The summed E-state index contributed by atoms with van der Waals surface area (Å²) in [4.78, 5) is 42.2. The zero-order valence-electron chi connectivity index (χ0n) is 15.3. The molecular weight excluding hydrogens is 370 g/mol. The highest BCUT2D eigenvalue weighted by atomic mass is 16.2. The van der Waals surface area contributed by atoms with Gasteiger partial charge >= 0.3 is 6.03 Å². The molecule has 0 bridgehead atoms. The Kier molecular flexibility index (Phi) is 3.60. The minimum absolute atomic E-state index is 0.184. The van der Waals surface area contributed by atoms with Gasteiger partial charge in [-0.2, -0.15) is 0 Å². The molecule has 0 radical (unpaired) electrons. The van der Waals surface area contributed by atoms with Crippen LogP contribution in [0.1, 0.15) is 5.56 Å². The SMILES string of the molecule is CNC(=O)n1cc(C2=C(n3cnc4ccccc43)C(=O)NC2=O)c2ccccc21. The molecule has 0 saturated carbocycles. The van der Waals surface area contributed by atoms with E-state index in [-0.39, 0.29) is 17.3 Å². The summed E-state index contributed by atoms with van der Waals surface area (Å²) in [6, 6.07) is 14.2. The third-order valence-electron chi connectivity index (χ3n) is 5.01. The lowest BCUT2D eigenvalue weighted by Gasteiger charge is -2.06. The number of hydrogen-bond acceptors (Lipinski definition) is 4. The van der Waals surface area contributed by atoms with Crippen LogP contribution in [0.25, 0.3) is 33.2 Å². The van der Waals surface area contributed by atoms with Gasteiger partial charge in [-0.15, -0.1) is 0 Å². The van der Waals surface area contributed by atoms with E-state index in [0.29, 0.717) is 27.5 Å². The van der Waals surface area contributed by atoms with Gasteiger partial charge in [0.1, 0.15) is 12.0 Å². The van der Waals surface area contributed by atoms with Crippen LogP contribution in [0.4, 0.5) is 4.79 Å². The lowest BCUT2D eigenvalue weighted by Crippen LogP contribution is -2.24. The number of carbonyl (C=O) groups is 3. The van der Waals surface area contributed by atoms with E-state index >= 15 is 0 Å². The maximum Gasteiger partial charge on any atom is 0.325 e. The van der Waals surface area contributed by atoms with Crippen molar-refractivity contribution < 1.29 is 14.4 Å². The maximum atomic E-state index is 12.8. The standard InChI is InChI=1S/C21H15N5O3/c1-22-21(29)25-10-13(12-6-2-4-8-15(12)25)17-18(20(28)24-19(17)27)26-11-23-14-7-3-5-9-16(14)26/h2-11H,1H3,(H,22,29)(H,24,27,28). The Hall–Kier alpha value is -4.20. The Labute approximate surface area is 164 Å². The molecule has 8 heteroatoms. The summed E-state index contributed by atoms with van der Waals surface area (Å²) in [6.45, 7) is 0. The zero-order valence-corrected chi connectivity index (χ0v) is 15.3. The van der Waals surface area contributed by atoms with E-state index in [0.717, 1.165) is 0 Å². The van der Waals surface area contributed by atoms with Crippen LogP contribution in [-0.4, -0.2) is 39.0 Å². The Morgan fingerprint density at radius 2 is 1.72 bits per heavy atom. The number of nitrogens with zero attached hydrogens (tertiary/aromatic N) is 3. The van der Waals surface area contributed by atoms with Crippen molar-refractivity contribution in [3.63, 3.8) is 0 Å². The van der Waals surface area contributed by atoms with Crippen molar-refractivity contribution in [2.75, 3.05) is 7.05 Å². The average molecular weight is 385 g/mol. The van der Waals surface area contributed by atoms with E-state index in [4.69, 9.17) is 0 Å². The van der Waals surface area contributed by atoms with Crippen LogP contribution in [0, 0.1) is 0 Å². The fourth-order valence-corrected chi connectivity index (χ4v) is 3.73. The summed E-state index contributed by atoms with van der Waals surface area (Å²) in [6.07, 6.45) is 3.10. The third kappa shape index (κ3) is 2.39. The summed E-state index contributed by atoms with van der Waals surface area (Å²) in [5.74, 6) is -1.02. The van der Waals surface area contributed by atoms with Crippen molar-refractivity contribution >= 4 is 51.1 Å². The molecule has 2 aromatic heterocycles. The summed E-state index contributed by atoms with van der Waals surface area (Å²) >= 11 is 0. The molecule has 0 atom stereocenters. The van der Waals surface area contributed by atoms with Gasteiger partial charge in [0.15, 0.2) is 0 Å². The monoisotopic (exact) mass is 385 g/mol. The highest BCUT2D eigenvalue weighted by molar-refractivity contribution is 6.47. The van der Waals surface area contributed by atoms with Gasteiger partial charge in [-0.3, -0.25) is 24.0 Å². The van der Waals surface area contributed by atoms with Crippen LogP contribution in [0.2, 0.25) is 0 Å². The molecule has 5 rings (SSSR count). The summed E-state index contributed by atoms with van der Waals surface area (Å²) in [5.41, 5.74) is 2.94. The first-order valence-electron chi connectivity index (χ1n) is 8.95. The molecule has 142 valence electrons. The number of carbonyl (C=O) groups excluding carboxylic acids is 3. The van der Waals surface area contributed by atoms with Gasteiger partial charge in [-0.25, -0.2) is 9.78 Å². The second-order valence-corrected chi connectivity index (χ2v) is 6.60. The van der Waals surface area contributed by atoms with Crippen LogP contribution in [-0.2, 0) is 9.59 Å². The molecule has 0 saturated heterocycles. The molecule has 0 fully saturated rings. The van der Waals surface area contributed by atoms with Gasteiger partial charge in [-0.1, -0.05) is 30.3 Å². The molecule has 0 spiro atoms. The molecule has 3 amide bonds. The predicted molar refractivity (Wildman–Crippen MR) is 108 cm³/mol. The number of amides is 3. The fourth-order valence-electron chi connectivity index (χ4n) is 3.73. The van der Waals surface area contributed by atoms with Crippen LogP contribution >= 0.6 is 0 Å².